The summed E-state index contributed by atoms with van der Waals surface area (Å²) < 4.78 is 56.0. The van der Waals surface area contributed by atoms with E-state index in [-0.39, 0.29) is 34.9 Å². The van der Waals surface area contributed by atoms with Crippen LogP contribution in [0.4, 0.5) is 23.5 Å². The van der Waals surface area contributed by atoms with Gasteiger partial charge in [-0.1, -0.05) is 20.8 Å². The van der Waals surface area contributed by atoms with Gasteiger partial charge >= 0.3 is 6.36 Å². The summed E-state index contributed by atoms with van der Waals surface area (Å²) >= 11 is 0. The Bertz CT molecular complexity index is 1040. The first-order chi connectivity index (χ1) is 13.4. The van der Waals surface area contributed by atoms with Crippen molar-refractivity contribution < 1.29 is 27.1 Å². The lowest BCUT2D eigenvalue weighted by atomic mass is 9.92. The fourth-order valence-corrected chi connectivity index (χ4v) is 2.72. The highest BCUT2D eigenvalue weighted by Crippen LogP contribution is 2.28. The molecule has 0 aliphatic rings. The van der Waals surface area contributed by atoms with Crippen LogP contribution >= 0.6 is 0 Å². The van der Waals surface area contributed by atoms with Crippen LogP contribution in [-0.4, -0.2) is 26.8 Å². The van der Waals surface area contributed by atoms with Gasteiger partial charge in [0.05, 0.1) is 11.9 Å². The second-order valence-corrected chi connectivity index (χ2v) is 7.59. The molecule has 1 N–H and O–H groups in total. The van der Waals surface area contributed by atoms with Gasteiger partial charge < -0.3 is 4.74 Å². The highest BCUT2D eigenvalue weighted by molar-refractivity contribution is 5.92. The molecule has 0 bridgehead atoms. The molecule has 3 aromatic rings. The Morgan fingerprint density at radius 1 is 1.17 bits per heavy atom. The number of amides is 1. The van der Waals surface area contributed by atoms with Crippen molar-refractivity contribution in [2.45, 2.75) is 33.6 Å². The van der Waals surface area contributed by atoms with Gasteiger partial charge in [0.2, 0.25) is 11.9 Å². The maximum atomic E-state index is 13.6. The van der Waals surface area contributed by atoms with Gasteiger partial charge in [-0.25, -0.2) is 14.4 Å². The van der Waals surface area contributed by atoms with Crippen molar-refractivity contribution in [1.82, 2.24) is 14.5 Å². The van der Waals surface area contributed by atoms with Crippen molar-refractivity contribution in [3.05, 3.63) is 42.3 Å². The number of ether oxygens (including phenoxy) is 1. The van der Waals surface area contributed by atoms with E-state index in [1.165, 1.54) is 16.7 Å². The maximum absolute atomic E-state index is 13.6. The molecule has 0 aliphatic heterocycles. The van der Waals surface area contributed by atoms with E-state index in [1.54, 1.807) is 0 Å². The molecule has 0 spiro atoms. The lowest BCUT2D eigenvalue weighted by Crippen LogP contribution is -2.21. The minimum absolute atomic E-state index is 0.0804. The number of halogens is 4. The van der Waals surface area contributed by atoms with Crippen LogP contribution < -0.4 is 10.1 Å². The van der Waals surface area contributed by atoms with Gasteiger partial charge in [-0.2, -0.15) is 0 Å². The first kappa shape index (κ1) is 20.6. The Morgan fingerprint density at radius 2 is 1.83 bits per heavy atom. The zero-order valence-electron chi connectivity index (χ0n) is 15.8. The summed E-state index contributed by atoms with van der Waals surface area (Å²) in [4.78, 5) is 20.6. The normalized spacial score (nSPS) is 12.2. The minimum atomic E-state index is -4.81. The smallest absolute Gasteiger partial charge is 0.406 e. The summed E-state index contributed by atoms with van der Waals surface area (Å²) in [5, 5.41) is 2.67. The lowest BCUT2D eigenvalue weighted by molar-refractivity contribution is -0.274. The van der Waals surface area contributed by atoms with Gasteiger partial charge in [-0.3, -0.25) is 14.7 Å². The number of benzene rings is 1. The number of alkyl halides is 3. The van der Waals surface area contributed by atoms with Gasteiger partial charge in [0.25, 0.3) is 0 Å². The Kier molecular flexibility index (Phi) is 5.20. The molecule has 154 valence electrons. The van der Waals surface area contributed by atoms with Crippen LogP contribution in [0.1, 0.15) is 27.2 Å². The summed E-state index contributed by atoms with van der Waals surface area (Å²) in [7, 11) is 0. The number of carbonyl (C=O) groups is 1. The molecule has 10 heteroatoms. The summed E-state index contributed by atoms with van der Waals surface area (Å²) in [5.74, 6) is -1.24. The average Bonchev–Trinajstić information content (AvgIpc) is 2.89. The van der Waals surface area contributed by atoms with E-state index >= 15 is 0 Å². The van der Waals surface area contributed by atoms with Crippen LogP contribution in [0.5, 0.6) is 5.75 Å². The fraction of sp³-hybridized carbons (Fsp3) is 0.316. The van der Waals surface area contributed by atoms with Crippen LogP contribution in [-0.2, 0) is 4.79 Å². The second-order valence-electron chi connectivity index (χ2n) is 7.59. The molecule has 0 aliphatic carbocycles. The van der Waals surface area contributed by atoms with E-state index in [2.05, 4.69) is 20.0 Å². The summed E-state index contributed by atoms with van der Waals surface area (Å²) in [6, 6.07) is 6.11. The molecule has 3 rings (SSSR count). The van der Waals surface area contributed by atoms with Gasteiger partial charge in [0.1, 0.15) is 17.1 Å². The predicted molar refractivity (Wildman–Crippen MR) is 98.2 cm³/mol. The van der Waals surface area contributed by atoms with E-state index < -0.39 is 17.9 Å². The predicted octanol–water partition coefficient (Wildman–Crippen LogP) is 4.83. The third kappa shape index (κ3) is 5.21. The topological polar surface area (TPSA) is 69.0 Å². The van der Waals surface area contributed by atoms with E-state index in [4.69, 9.17) is 0 Å². The largest absolute Gasteiger partial charge is 0.573 e. The zero-order valence-corrected chi connectivity index (χ0v) is 15.8. The summed E-state index contributed by atoms with van der Waals surface area (Å²) in [6.07, 6.45) is -3.62. The molecule has 2 aromatic heterocycles. The molecule has 0 unspecified atom stereocenters. The van der Waals surface area contributed by atoms with Crippen LogP contribution in [0.3, 0.4) is 0 Å². The highest BCUT2D eigenvalue weighted by atomic mass is 19.4. The number of carbonyl (C=O) groups excluding carboxylic acids is 1. The number of imidazole rings is 1. The first-order valence-corrected chi connectivity index (χ1v) is 8.61. The molecular formula is C19H18F4N4O2. The van der Waals surface area contributed by atoms with E-state index in [1.807, 2.05) is 20.8 Å². The van der Waals surface area contributed by atoms with E-state index in [0.717, 1.165) is 24.4 Å². The third-order valence-electron chi connectivity index (χ3n) is 3.73. The van der Waals surface area contributed by atoms with Crippen LogP contribution in [0.15, 0.2) is 36.5 Å². The van der Waals surface area contributed by atoms with E-state index in [9.17, 15) is 22.4 Å². The van der Waals surface area contributed by atoms with Gasteiger partial charge in [-0.05, 0) is 29.7 Å². The van der Waals surface area contributed by atoms with Gasteiger partial charge in [0.15, 0.2) is 5.65 Å². The Labute approximate surface area is 163 Å². The number of rotatable bonds is 4. The summed E-state index contributed by atoms with van der Waals surface area (Å²) in [6.45, 7) is 5.68. The maximum Gasteiger partial charge on any atom is 0.573 e. The number of hydrogen-bond donors (Lipinski definition) is 1. The highest BCUT2D eigenvalue weighted by Gasteiger charge is 2.31. The number of aromatic nitrogens is 3. The second kappa shape index (κ2) is 7.34. The Morgan fingerprint density at radius 3 is 2.41 bits per heavy atom. The monoisotopic (exact) mass is 410 g/mol. The standard InChI is InChI=1S/C19H18F4N4O2/c1-18(2,3)9-15(28)26-17-25-14-8-11(20)10-24-16(14)27(17)12-4-6-13(7-5-12)29-19(21,22)23/h4-8,10H,9H2,1-3H3,(H,25,26,28). The molecule has 0 atom stereocenters. The van der Waals surface area contributed by atoms with Gasteiger partial charge in [0, 0.05) is 12.5 Å². The number of nitrogens with zero attached hydrogens (tertiary/aromatic N) is 3. The van der Waals surface area contributed by atoms with Crippen molar-refractivity contribution in [3.8, 4) is 11.4 Å². The molecule has 0 saturated carbocycles. The molecule has 6 nitrogen and oxygen atoms in total. The van der Waals surface area contributed by atoms with Crippen molar-refractivity contribution in [3.63, 3.8) is 0 Å². The molecule has 0 saturated heterocycles. The van der Waals surface area contributed by atoms with Crippen molar-refractivity contribution >= 4 is 23.0 Å². The minimum Gasteiger partial charge on any atom is -0.406 e. The SMILES string of the molecule is CC(C)(C)CC(=O)Nc1nc2cc(F)cnc2n1-c1ccc(OC(F)(F)F)cc1. The third-order valence-corrected chi connectivity index (χ3v) is 3.73. The zero-order chi connectivity index (χ0) is 21.4. The van der Waals surface area contributed by atoms with Crippen molar-refractivity contribution in [2.75, 3.05) is 5.32 Å². The lowest BCUT2D eigenvalue weighted by Gasteiger charge is -2.17. The summed E-state index contributed by atoms with van der Waals surface area (Å²) in [5.41, 5.74) is 0.516. The molecule has 0 fully saturated rings. The van der Waals surface area contributed by atoms with E-state index in [0.29, 0.717) is 5.69 Å². The number of pyridine rings is 1. The quantitative estimate of drug-likeness (QED) is 0.626. The fourth-order valence-electron chi connectivity index (χ4n) is 2.72. The van der Waals surface area contributed by atoms with Crippen LogP contribution in [0.2, 0.25) is 0 Å². The number of hydrogen-bond acceptors (Lipinski definition) is 4. The molecule has 2 heterocycles. The number of fused-ring (bicyclic) bond motifs is 1. The first-order valence-electron chi connectivity index (χ1n) is 8.61. The van der Waals surface area contributed by atoms with Crippen LogP contribution in [0.25, 0.3) is 16.9 Å². The molecule has 1 aromatic carbocycles. The molecule has 0 radical (unpaired) electrons. The number of anilines is 1. The molecular weight excluding hydrogens is 392 g/mol. The number of nitrogens with one attached hydrogen (secondary N) is 1. The molecule has 1 amide bonds. The Balaban J connectivity index is 2.02. The molecule has 29 heavy (non-hydrogen) atoms. The van der Waals surface area contributed by atoms with Crippen molar-refractivity contribution in [2.24, 2.45) is 5.41 Å². The van der Waals surface area contributed by atoms with Gasteiger partial charge in [-0.15, -0.1) is 13.2 Å². The average molecular weight is 410 g/mol. The van der Waals surface area contributed by atoms with Crippen molar-refractivity contribution in [1.29, 1.82) is 0 Å². The van der Waals surface area contributed by atoms with Crippen LogP contribution in [0, 0.1) is 11.2 Å². The Hall–Kier alpha value is -3.17.